The van der Waals surface area contributed by atoms with Gasteiger partial charge in [0, 0.05) is 25.2 Å². The van der Waals surface area contributed by atoms with Gasteiger partial charge < -0.3 is 14.8 Å². The van der Waals surface area contributed by atoms with Gasteiger partial charge in [-0.05, 0) is 57.0 Å². The zero-order valence-corrected chi connectivity index (χ0v) is 17.3. The van der Waals surface area contributed by atoms with E-state index in [-0.39, 0.29) is 17.9 Å². The van der Waals surface area contributed by atoms with Crippen LogP contribution < -0.4 is 5.32 Å². The molecule has 0 bridgehead atoms. The Morgan fingerprint density at radius 3 is 2.69 bits per heavy atom. The van der Waals surface area contributed by atoms with Crippen molar-refractivity contribution in [1.82, 2.24) is 19.8 Å². The van der Waals surface area contributed by atoms with Crippen LogP contribution in [0.1, 0.15) is 57.6 Å². The van der Waals surface area contributed by atoms with Crippen molar-refractivity contribution in [3.8, 4) is 0 Å². The van der Waals surface area contributed by atoms with Crippen molar-refractivity contribution in [3.63, 3.8) is 0 Å². The third-order valence-corrected chi connectivity index (χ3v) is 5.70. The summed E-state index contributed by atoms with van der Waals surface area (Å²) in [5, 5.41) is 3.08. The lowest BCUT2D eigenvalue weighted by atomic mass is 10.00. The van der Waals surface area contributed by atoms with Crippen LogP contribution in [0, 0.1) is 13.8 Å². The summed E-state index contributed by atoms with van der Waals surface area (Å²) in [5.41, 5.74) is 5.59. The van der Waals surface area contributed by atoms with Crippen LogP contribution in [-0.4, -0.2) is 39.4 Å². The normalized spacial score (nSPS) is 14.8. The monoisotopic (exact) mass is 390 g/mol. The Morgan fingerprint density at radius 2 is 1.97 bits per heavy atom. The molecule has 0 spiro atoms. The number of hydrogen-bond donors (Lipinski definition) is 1. The molecule has 3 aromatic rings. The largest absolute Gasteiger partial charge is 0.346 e. The van der Waals surface area contributed by atoms with Gasteiger partial charge in [-0.15, -0.1) is 0 Å². The molecular formula is C23H26N4O2. The maximum absolute atomic E-state index is 12.8. The number of fused-ring (bicyclic) bond motifs is 3. The Labute approximate surface area is 170 Å². The third kappa shape index (κ3) is 3.39. The zero-order valence-electron chi connectivity index (χ0n) is 17.3. The molecule has 1 aliphatic rings. The smallest absolute Gasteiger partial charge is 0.289 e. The van der Waals surface area contributed by atoms with Gasteiger partial charge in [-0.1, -0.05) is 23.8 Å². The van der Waals surface area contributed by atoms with Crippen molar-refractivity contribution in [1.29, 1.82) is 0 Å². The highest BCUT2D eigenvalue weighted by Crippen LogP contribution is 2.23. The van der Waals surface area contributed by atoms with E-state index in [0.717, 1.165) is 23.2 Å². The van der Waals surface area contributed by atoms with Crippen LogP contribution in [0.3, 0.4) is 0 Å². The van der Waals surface area contributed by atoms with Crippen molar-refractivity contribution in [2.45, 2.75) is 40.3 Å². The van der Waals surface area contributed by atoms with Crippen LogP contribution in [0.4, 0.5) is 0 Å². The van der Waals surface area contributed by atoms with E-state index in [1.165, 1.54) is 5.56 Å². The first kappa shape index (κ1) is 19.2. The molecule has 1 N–H and O–H groups in total. The molecular weight excluding hydrogens is 364 g/mol. The summed E-state index contributed by atoms with van der Waals surface area (Å²) in [6.07, 6.45) is 0. The summed E-state index contributed by atoms with van der Waals surface area (Å²) >= 11 is 0. The lowest BCUT2D eigenvalue weighted by Crippen LogP contribution is -2.40. The molecule has 2 amide bonds. The van der Waals surface area contributed by atoms with E-state index in [4.69, 9.17) is 0 Å². The van der Waals surface area contributed by atoms with Crippen molar-refractivity contribution >= 4 is 22.8 Å². The second kappa shape index (κ2) is 7.35. The van der Waals surface area contributed by atoms with Gasteiger partial charge in [0.05, 0.1) is 17.1 Å². The molecule has 2 heterocycles. The molecule has 0 radical (unpaired) electrons. The highest BCUT2D eigenvalue weighted by Gasteiger charge is 2.27. The molecule has 1 atom stereocenters. The molecule has 1 unspecified atom stereocenters. The summed E-state index contributed by atoms with van der Waals surface area (Å²) in [4.78, 5) is 31.7. The van der Waals surface area contributed by atoms with E-state index in [2.05, 4.69) is 42.3 Å². The minimum absolute atomic E-state index is 0.0515. The van der Waals surface area contributed by atoms with Gasteiger partial charge >= 0.3 is 0 Å². The summed E-state index contributed by atoms with van der Waals surface area (Å²) in [5.74, 6) is 0.255. The Hall–Kier alpha value is -3.15. The predicted octanol–water partition coefficient (Wildman–Crippen LogP) is 3.62. The first-order valence-corrected chi connectivity index (χ1v) is 10.1. The third-order valence-electron chi connectivity index (χ3n) is 5.70. The quantitative estimate of drug-likeness (QED) is 0.740. The number of nitrogens with one attached hydrogen (secondary N) is 1. The van der Waals surface area contributed by atoms with Crippen LogP contribution in [-0.2, 0) is 6.54 Å². The van der Waals surface area contributed by atoms with Gasteiger partial charge in [-0.2, -0.15) is 0 Å². The van der Waals surface area contributed by atoms with Crippen LogP contribution >= 0.6 is 0 Å². The molecule has 4 rings (SSSR count). The lowest BCUT2D eigenvalue weighted by molar-refractivity contribution is 0.0709. The van der Waals surface area contributed by atoms with E-state index < -0.39 is 0 Å². The fourth-order valence-corrected chi connectivity index (χ4v) is 4.10. The number of rotatable bonds is 4. The molecule has 6 nitrogen and oxygen atoms in total. The zero-order chi connectivity index (χ0) is 20.7. The van der Waals surface area contributed by atoms with Crippen LogP contribution in [0.2, 0.25) is 0 Å². The predicted molar refractivity (Wildman–Crippen MR) is 113 cm³/mol. The van der Waals surface area contributed by atoms with Crippen molar-refractivity contribution in [3.05, 3.63) is 64.5 Å². The van der Waals surface area contributed by atoms with E-state index in [9.17, 15) is 9.59 Å². The fourth-order valence-electron chi connectivity index (χ4n) is 4.10. The number of carbonyl (C=O) groups is 2. The van der Waals surface area contributed by atoms with Crippen LogP contribution in [0.15, 0.2) is 36.4 Å². The second-order valence-corrected chi connectivity index (χ2v) is 7.73. The molecule has 6 heteroatoms. The standard InChI is InChI=1S/C23H26N4O2/c1-5-26-10-11-27-20-9-7-17(13-19(20)25-21(27)23(26)29)22(28)24-16(4)18-8-6-14(2)12-15(18)3/h6-9,12-13,16H,5,10-11H2,1-4H3,(H,24,28). The Kier molecular flexibility index (Phi) is 4.86. The Balaban J connectivity index is 1.59. The van der Waals surface area contributed by atoms with E-state index in [0.29, 0.717) is 30.0 Å². The molecule has 0 saturated heterocycles. The maximum atomic E-state index is 12.8. The van der Waals surface area contributed by atoms with Gasteiger partial charge in [0.25, 0.3) is 11.8 Å². The average molecular weight is 390 g/mol. The molecule has 1 aromatic heterocycles. The lowest BCUT2D eigenvalue weighted by Gasteiger charge is -2.26. The average Bonchev–Trinajstić information content (AvgIpc) is 3.07. The number of nitrogens with zero attached hydrogens (tertiary/aromatic N) is 3. The number of likely N-dealkylation sites (N-methyl/N-ethyl adjacent to an activating group) is 1. The number of hydrogen-bond acceptors (Lipinski definition) is 3. The molecule has 0 aliphatic carbocycles. The molecule has 0 fully saturated rings. The van der Waals surface area contributed by atoms with E-state index in [1.807, 2.05) is 24.5 Å². The molecule has 150 valence electrons. The van der Waals surface area contributed by atoms with Gasteiger partial charge in [-0.25, -0.2) is 4.98 Å². The SMILES string of the molecule is CCN1CCn2c(nc3cc(C(=O)NC(C)c4ccc(C)cc4C)ccc32)C1=O. The van der Waals surface area contributed by atoms with Crippen LogP contribution in [0.25, 0.3) is 11.0 Å². The topological polar surface area (TPSA) is 67.2 Å². The number of benzene rings is 2. The summed E-state index contributed by atoms with van der Waals surface area (Å²) in [6.45, 7) is 10.2. The van der Waals surface area contributed by atoms with Crippen molar-refractivity contribution in [2.24, 2.45) is 0 Å². The number of imidazole rings is 1. The molecule has 29 heavy (non-hydrogen) atoms. The summed E-state index contributed by atoms with van der Waals surface area (Å²) < 4.78 is 1.95. The highest BCUT2D eigenvalue weighted by atomic mass is 16.2. The van der Waals surface area contributed by atoms with Gasteiger partial charge in [0.15, 0.2) is 5.82 Å². The molecule has 0 saturated carbocycles. The summed E-state index contributed by atoms with van der Waals surface area (Å²) in [7, 11) is 0. The number of aryl methyl sites for hydroxylation is 2. The van der Waals surface area contributed by atoms with Gasteiger partial charge in [0.1, 0.15) is 0 Å². The first-order chi connectivity index (χ1) is 13.9. The number of amides is 2. The Bertz CT molecular complexity index is 1120. The fraction of sp³-hybridized carbons (Fsp3) is 0.348. The Morgan fingerprint density at radius 1 is 1.17 bits per heavy atom. The van der Waals surface area contributed by atoms with E-state index in [1.54, 1.807) is 17.0 Å². The van der Waals surface area contributed by atoms with Gasteiger partial charge in [0.2, 0.25) is 0 Å². The minimum Gasteiger partial charge on any atom is -0.346 e. The highest BCUT2D eigenvalue weighted by molar-refractivity contribution is 6.00. The second-order valence-electron chi connectivity index (χ2n) is 7.73. The minimum atomic E-state index is -0.146. The number of carbonyl (C=O) groups excluding carboxylic acids is 2. The van der Waals surface area contributed by atoms with Crippen molar-refractivity contribution < 1.29 is 9.59 Å². The first-order valence-electron chi connectivity index (χ1n) is 10.1. The van der Waals surface area contributed by atoms with E-state index >= 15 is 0 Å². The molecule has 1 aliphatic heterocycles. The maximum Gasteiger partial charge on any atom is 0.289 e. The van der Waals surface area contributed by atoms with Crippen molar-refractivity contribution in [2.75, 3.05) is 13.1 Å². The number of aromatic nitrogens is 2. The van der Waals surface area contributed by atoms with Gasteiger partial charge in [-0.3, -0.25) is 9.59 Å². The summed E-state index contributed by atoms with van der Waals surface area (Å²) in [6, 6.07) is 11.6. The van der Waals surface area contributed by atoms with Crippen LogP contribution in [0.5, 0.6) is 0 Å². The molecule has 2 aromatic carbocycles.